The number of nitrogens with zero attached hydrogens (tertiary/aromatic N) is 2. The van der Waals surface area contributed by atoms with Gasteiger partial charge < -0.3 is 5.21 Å². The van der Waals surface area contributed by atoms with Gasteiger partial charge in [-0.15, -0.1) is 9.94 Å². The Morgan fingerprint density at radius 1 is 1.75 bits per heavy atom. The molecular weight excluding hydrogens is 108 g/mol. The number of aromatic nitrogens is 2. The minimum absolute atomic E-state index is 0.213. The second kappa shape index (κ2) is 1.65. The maximum absolute atomic E-state index is 10.2. The van der Waals surface area contributed by atoms with Crippen LogP contribution in [0.4, 0.5) is 0 Å². The highest BCUT2D eigenvalue weighted by molar-refractivity contribution is 4.83. The minimum atomic E-state index is -0.213. The molecule has 0 aromatic carbocycles. The van der Waals surface area contributed by atoms with Crippen LogP contribution in [-0.4, -0.2) is 15.2 Å². The number of rotatable bonds is 0. The lowest BCUT2D eigenvalue weighted by atomic mass is 10.6. The molecule has 1 heterocycles. The molecule has 0 aliphatic heterocycles. The van der Waals surface area contributed by atoms with Crippen LogP contribution >= 0.6 is 0 Å². The summed E-state index contributed by atoms with van der Waals surface area (Å²) in [7, 11) is 0. The van der Waals surface area contributed by atoms with Crippen molar-refractivity contribution in [2.45, 2.75) is 0 Å². The second-order valence-electron chi connectivity index (χ2n) is 1.28. The van der Waals surface area contributed by atoms with Gasteiger partial charge in [-0.05, 0) is 0 Å². The average molecular weight is 112 g/mol. The summed E-state index contributed by atoms with van der Waals surface area (Å²) in [4.78, 5) is 10.8. The lowest BCUT2D eigenvalue weighted by Gasteiger charge is -1.87. The fourth-order valence-corrected chi connectivity index (χ4v) is 0.338. The van der Waals surface area contributed by atoms with Crippen molar-refractivity contribution in [3.63, 3.8) is 0 Å². The highest BCUT2D eigenvalue weighted by Gasteiger charge is 1.79. The first-order valence-electron chi connectivity index (χ1n) is 2.03. The molecule has 1 N–H and O–H groups in total. The zero-order valence-electron chi connectivity index (χ0n) is 3.98. The molecule has 0 aliphatic carbocycles. The quantitative estimate of drug-likeness (QED) is 0.459. The van der Waals surface area contributed by atoms with Crippen LogP contribution in [0.1, 0.15) is 0 Å². The topological polar surface area (TPSA) is 55.1 Å². The van der Waals surface area contributed by atoms with Gasteiger partial charge in [0.25, 0.3) is 0 Å². The average Bonchev–Trinajstić information content (AvgIpc) is 1.77. The smallest absolute Gasteiger partial charge is 0.200 e. The molecule has 0 saturated heterocycles. The van der Waals surface area contributed by atoms with Crippen molar-refractivity contribution in [2.75, 3.05) is 0 Å². The van der Waals surface area contributed by atoms with Gasteiger partial charge in [0.2, 0.25) is 0 Å². The van der Waals surface area contributed by atoms with Crippen LogP contribution in [0, 0.1) is 0 Å². The van der Waals surface area contributed by atoms with Crippen LogP contribution in [0.15, 0.2) is 23.3 Å². The molecule has 1 aromatic rings. The molecule has 0 amide bonds. The van der Waals surface area contributed by atoms with Crippen LogP contribution in [0.2, 0.25) is 0 Å². The molecule has 0 bridgehead atoms. The summed E-state index contributed by atoms with van der Waals surface area (Å²) in [6.45, 7) is 0. The van der Waals surface area contributed by atoms with E-state index in [1.54, 1.807) is 0 Å². The maximum Gasteiger partial charge on any atom is 0.200 e. The van der Waals surface area contributed by atoms with Gasteiger partial charge in [0.15, 0.2) is 5.43 Å². The summed E-state index contributed by atoms with van der Waals surface area (Å²) in [5.41, 5.74) is -0.213. The third-order valence-electron chi connectivity index (χ3n) is 0.675. The van der Waals surface area contributed by atoms with Crippen molar-refractivity contribution in [1.82, 2.24) is 9.94 Å². The van der Waals surface area contributed by atoms with Crippen molar-refractivity contribution in [3.05, 3.63) is 28.7 Å². The Balaban J connectivity index is 3.22. The van der Waals surface area contributed by atoms with Crippen molar-refractivity contribution >= 4 is 0 Å². The van der Waals surface area contributed by atoms with E-state index < -0.39 is 0 Å². The lowest BCUT2D eigenvalue weighted by Crippen LogP contribution is -2.04. The Kier molecular flexibility index (Phi) is 0.997. The summed E-state index contributed by atoms with van der Waals surface area (Å²) in [5.74, 6) is 0. The third-order valence-corrected chi connectivity index (χ3v) is 0.675. The molecule has 4 nitrogen and oxygen atoms in total. The molecular formula is C4H4N2O2. The van der Waals surface area contributed by atoms with Gasteiger partial charge in [-0.1, -0.05) is 0 Å². The standard InChI is InChI=1S/C4H4N2O2/c7-4-1-2-6(8)5-3-4/h1-3,8H. The lowest BCUT2D eigenvalue weighted by molar-refractivity contribution is 0.143. The van der Waals surface area contributed by atoms with Crippen LogP contribution in [0.25, 0.3) is 0 Å². The van der Waals surface area contributed by atoms with Gasteiger partial charge in [0, 0.05) is 6.07 Å². The molecule has 0 radical (unpaired) electrons. The normalized spacial score (nSPS) is 9.00. The van der Waals surface area contributed by atoms with Gasteiger partial charge in [-0.25, -0.2) is 0 Å². The largest absolute Gasteiger partial charge is 0.412 e. The molecule has 42 valence electrons. The molecule has 1 rings (SSSR count). The Morgan fingerprint density at radius 3 is 2.88 bits per heavy atom. The van der Waals surface area contributed by atoms with Crippen LogP contribution in [-0.2, 0) is 0 Å². The van der Waals surface area contributed by atoms with E-state index in [2.05, 4.69) is 5.10 Å². The Hall–Kier alpha value is -1.32. The van der Waals surface area contributed by atoms with E-state index in [0.717, 1.165) is 6.20 Å². The molecule has 0 atom stereocenters. The van der Waals surface area contributed by atoms with E-state index in [4.69, 9.17) is 5.21 Å². The van der Waals surface area contributed by atoms with Crippen LogP contribution in [0.3, 0.4) is 0 Å². The zero-order valence-corrected chi connectivity index (χ0v) is 3.98. The van der Waals surface area contributed by atoms with E-state index in [0.29, 0.717) is 4.85 Å². The third kappa shape index (κ3) is 0.841. The first-order valence-corrected chi connectivity index (χ1v) is 2.03. The fraction of sp³-hybridized carbons (Fsp3) is 0. The molecule has 0 saturated carbocycles. The molecule has 0 fully saturated rings. The summed E-state index contributed by atoms with van der Waals surface area (Å²) in [6.07, 6.45) is 2.20. The Labute approximate surface area is 45.0 Å². The first-order chi connectivity index (χ1) is 3.79. The van der Waals surface area contributed by atoms with E-state index in [-0.39, 0.29) is 5.43 Å². The predicted octanol–water partition coefficient (Wildman–Crippen LogP) is -0.519. The molecule has 1 aromatic heterocycles. The van der Waals surface area contributed by atoms with Crippen LogP contribution in [0.5, 0.6) is 0 Å². The van der Waals surface area contributed by atoms with Crippen molar-refractivity contribution < 1.29 is 5.21 Å². The molecule has 0 spiro atoms. The number of hydrogen-bond donors (Lipinski definition) is 1. The maximum atomic E-state index is 10.2. The van der Waals surface area contributed by atoms with E-state index in [9.17, 15) is 4.79 Å². The van der Waals surface area contributed by atoms with Crippen molar-refractivity contribution in [3.8, 4) is 0 Å². The van der Waals surface area contributed by atoms with Gasteiger partial charge in [0.1, 0.15) is 0 Å². The van der Waals surface area contributed by atoms with Crippen molar-refractivity contribution in [2.24, 2.45) is 0 Å². The van der Waals surface area contributed by atoms with Gasteiger partial charge in [-0.3, -0.25) is 4.79 Å². The molecule has 0 unspecified atom stereocenters. The molecule has 8 heavy (non-hydrogen) atoms. The Morgan fingerprint density at radius 2 is 2.50 bits per heavy atom. The van der Waals surface area contributed by atoms with Crippen LogP contribution < -0.4 is 5.43 Å². The summed E-state index contributed by atoms with van der Waals surface area (Å²) >= 11 is 0. The van der Waals surface area contributed by atoms with Crippen molar-refractivity contribution in [1.29, 1.82) is 0 Å². The highest BCUT2D eigenvalue weighted by Crippen LogP contribution is 1.65. The van der Waals surface area contributed by atoms with E-state index >= 15 is 0 Å². The monoisotopic (exact) mass is 112 g/mol. The predicted molar refractivity (Wildman–Crippen MR) is 25.7 cm³/mol. The van der Waals surface area contributed by atoms with Gasteiger partial charge in [-0.2, -0.15) is 0 Å². The minimum Gasteiger partial charge on any atom is -0.412 e. The molecule has 4 heteroatoms. The van der Waals surface area contributed by atoms with Gasteiger partial charge >= 0.3 is 0 Å². The number of hydrogen-bond acceptors (Lipinski definition) is 3. The SMILES string of the molecule is O=c1ccn(O)nc1. The summed E-state index contributed by atoms with van der Waals surface area (Å²) < 4.78 is 0. The Bertz CT molecular complexity index is 209. The zero-order chi connectivity index (χ0) is 5.98. The molecule has 0 aliphatic rings. The highest BCUT2D eigenvalue weighted by atomic mass is 16.5. The second-order valence-corrected chi connectivity index (χ2v) is 1.28. The first kappa shape index (κ1) is 4.83. The summed E-state index contributed by atoms with van der Waals surface area (Å²) in [6, 6.07) is 1.22. The summed E-state index contributed by atoms with van der Waals surface area (Å²) in [5, 5.41) is 11.7. The van der Waals surface area contributed by atoms with E-state index in [1.807, 2.05) is 0 Å². The fourth-order valence-electron chi connectivity index (χ4n) is 0.338. The van der Waals surface area contributed by atoms with Gasteiger partial charge in [0.05, 0.1) is 12.4 Å². The van der Waals surface area contributed by atoms with E-state index in [1.165, 1.54) is 12.3 Å².